The minimum atomic E-state index is -3.54. The van der Waals surface area contributed by atoms with Crippen molar-refractivity contribution in [1.82, 2.24) is 25.0 Å². The molecule has 3 aromatic rings. The van der Waals surface area contributed by atoms with Crippen molar-refractivity contribution in [3.8, 4) is 22.9 Å². The van der Waals surface area contributed by atoms with E-state index >= 15 is 0 Å². The molecule has 0 fully saturated rings. The lowest BCUT2D eigenvalue weighted by Gasteiger charge is -2.13. The van der Waals surface area contributed by atoms with Crippen LogP contribution >= 0.6 is 34.8 Å². The number of aromatic amines is 1. The van der Waals surface area contributed by atoms with E-state index in [0.29, 0.717) is 5.56 Å². The number of hydrogen-bond donors (Lipinski definition) is 1. The van der Waals surface area contributed by atoms with Gasteiger partial charge in [0.05, 0.1) is 10.0 Å². The van der Waals surface area contributed by atoms with Crippen LogP contribution in [0.15, 0.2) is 27.8 Å². The Balaban J connectivity index is 2.04. The van der Waals surface area contributed by atoms with E-state index in [9.17, 15) is 22.8 Å². The van der Waals surface area contributed by atoms with Crippen LogP contribution in [0, 0.1) is 0 Å². The maximum atomic E-state index is 13.7. The first kappa shape index (κ1) is 24.0. The van der Waals surface area contributed by atoms with Crippen molar-refractivity contribution in [2.45, 2.75) is 32.5 Å². The maximum Gasteiger partial charge on any atom is 0.347 e. The molecule has 2 heterocycles. The number of nitrogens with zero attached hydrogens (tertiary/aromatic N) is 4. The van der Waals surface area contributed by atoms with Gasteiger partial charge in [0.25, 0.3) is 18.3 Å². The van der Waals surface area contributed by atoms with Crippen molar-refractivity contribution in [1.29, 1.82) is 0 Å². The predicted octanol–water partition coefficient (Wildman–Crippen LogP) is 5.00. The number of rotatable bonds is 6. The maximum absolute atomic E-state index is 13.7. The van der Waals surface area contributed by atoms with Crippen LogP contribution in [-0.2, 0) is 0 Å². The Kier molecular flexibility index (Phi) is 7.11. The first-order valence-electron chi connectivity index (χ1n) is 8.85. The van der Waals surface area contributed by atoms with Gasteiger partial charge in [-0.1, -0.05) is 48.7 Å². The van der Waals surface area contributed by atoms with E-state index in [1.807, 2.05) is 13.8 Å². The molecular formula is C18H13Cl3F3N5O3. The van der Waals surface area contributed by atoms with E-state index in [1.165, 1.54) is 12.1 Å². The average Bonchev–Trinajstić information content (AvgIpc) is 2.71. The van der Waals surface area contributed by atoms with Crippen LogP contribution < -0.4 is 16.0 Å². The lowest BCUT2D eigenvalue weighted by molar-refractivity contribution is -0.00305. The highest BCUT2D eigenvalue weighted by Gasteiger charge is 2.26. The van der Waals surface area contributed by atoms with Crippen LogP contribution in [0.2, 0.25) is 15.2 Å². The van der Waals surface area contributed by atoms with E-state index in [4.69, 9.17) is 39.5 Å². The summed E-state index contributed by atoms with van der Waals surface area (Å²) in [6.07, 6.45) is -6.61. The third-order valence-corrected chi connectivity index (χ3v) is 5.00. The van der Waals surface area contributed by atoms with E-state index in [2.05, 4.69) is 15.3 Å². The van der Waals surface area contributed by atoms with Gasteiger partial charge in [-0.2, -0.15) is 9.78 Å². The smallest absolute Gasteiger partial charge is 0.347 e. The van der Waals surface area contributed by atoms with Crippen LogP contribution in [0.4, 0.5) is 13.2 Å². The Hall–Kier alpha value is -2.63. The Morgan fingerprint density at radius 3 is 2.22 bits per heavy atom. The second kappa shape index (κ2) is 9.47. The third-order valence-electron chi connectivity index (χ3n) is 4.15. The molecule has 170 valence electrons. The Labute approximate surface area is 192 Å². The fourth-order valence-corrected chi connectivity index (χ4v) is 3.48. The minimum Gasteiger partial charge on any atom is -0.434 e. The molecule has 8 nitrogen and oxygen atoms in total. The van der Waals surface area contributed by atoms with Crippen molar-refractivity contribution in [3.63, 3.8) is 0 Å². The number of alkyl halides is 3. The average molecular weight is 511 g/mol. The molecule has 0 aliphatic carbocycles. The van der Waals surface area contributed by atoms with E-state index < -0.39 is 29.7 Å². The van der Waals surface area contributed by atoms with E-state index in [-0.39, 0.29) is 43.0 Å². The summed E-state index contributed by atoms with van der Waals surface area (Å²) in [5.74, 6) is 0.00945. The first-order valence-corrected chi connectivity index (χ1v) is 9.98. The van der Waals surface area contributed by atoms with Crippen molar-refractivity contribution in [2.75, 3.05) is 0 Å². The molecule has 0 spiro atoms. The van der Waals surface area contributed by atoms with Crippen LogP contribution in [0.3, 0.4) is 0 Å². The molecular weight excluding hydrogens is 498 g/mol. The molecule has 0 radical (unpaired) electrons. The van der Waals surface area contributed by atoms with Gasteiger partial charge in [0.1, 0.15) is 0 Å². The Morgan fingerprint density at radius 2 is 1.66 bits per heavy atom. The number of halogens is 6. The Morgan fingerprint density at radius 1 is 1.03 bits per heavy atom. The topological polar surface area (TPSA) is 103 Å². The van der Waals surface area contributed by atoms with E-state index in [0.717, 1.165) is 0 Å². The van der Waals surface area contributed by atoms with Crippen LogP contribution in [0.25, 0.3) is 11.3 Å². The van der Waals surface area contributed by atoms with Gasteiger partial charge in [0.15, 0.2) is 16.6 Å². The highest BCUT2D eigenvalue weighted by molar-refractivity contribution is 6.37. The number of H-pyrrole nitrogens is 1. The highest BCUT2D eigenvalue weighted by Crippen LogP contribution is 2.39. The molecule has 0 bridgehead atoms. The van der Waals surface area contributed by atoms with Gasteiger partial charge < -0.3 is 4.74 Å². The molecule has 0 saturated carbocycles. The molecule has 14 heteroatoms. The highest BCUT2D eigenvalue weighted by atomic mass is 35.5. The summed E-state index contributed by atoms with van der Waals surface area (Å²) >= 11 is 18.4. The quantitative estimate of drug-likeness (QED) is 0.501. The molecule has 32 heavy (non-hydrogen) atoms. The molecule has 0 aliphatic rings. The van der Waals surface area contributed by atoms with Crippen LogP contribution in [0.1, 0.15) is 31.6 Å². The summed E-state index contributed by atoms with van der Waals surface area (Å²) in [5, 5.41) is 11.0. The molecule has 3 rings (SSSR count). The number of ether oxygens (including phenoxy) is 1. The van der Waals surface area contributed by atoms with Crippen LogP contribution in [0.5, 0.6) is 11.6 Å². The molecule has 1 N–H and O–H groups in total. The number of hydrogen-bond acceptors (Lipinski definition) is 6. The second-order valence-electron chi connectivity index (χ2n) is 6.71. The summed E-state index contributed by atoms with van der Waals surface area (Å²) in [6.45, 7) is 3.78. The molecule has 1 atom stereocenters. The zero-order chi connectivity index (χ0) is 23.7. The SMILES string of the molecule is CC(C)c1cc(Oc2c(Cl)cc(-c3nn(C(F)C(F)F)c(=O)[nH]c3=O)cc2Cl)nnc1Cl. The van der Waals surface area contributed by atoms with E-state index in [1.54, 1.807) is 11.1 Å². The van der Waals surface area contributed by atoms with Crippen molar-refractivity contribution in [2.24, 2.45) is 0 Å². The van der Waals surface area contributed by atoms with Gasteiger partial charge in [-0.25, -0.2) is 18.0 Å². The monoisotopic (exact) mass is 509 g/mol. The Bertz CT molecular complexity index is 1260. The molecule has 0 amide bonds. The van der Waals surface area contributed by atoms with Crippen molar-refractivity contribution >= 4 is 34.8 Å². The van der Waals surface area contributed by atoms with Crippen molar-refractivity contribution in [3.05, 3.63) is 59.8 Å². The number of aromatic nitrogens is 5. The third kappa shape index (κ3) is 4.89. The summed E-state index contributed by atoms with van der Waals surface area (Å²) in [7, 11) is 0. The summed E-state index contributed by atoms with van der Waals surface area (Å²) in [4.78, 5) is 25.5. The fourth-order valence-electron chi connectivity index (χ4n) is 2.60. The molecule has 1 aromatic carbocycles. The van der Waals surface area contributed by atoms with Gasteiger partial charge in [0.2, 0.25) is 5.88 Å². The number of nitrogens with one attached hydrogen (secondary N) is 1. The predicted molar refractivity (Wildman–Crippen MR) is 112 cm³/mol. The van der Waals surface area contributed by atoms with Crippen molar-refractivity contribution < 1.29 is 17.9 Å². The van der Waals surface area contributed by atoms with Gasteiger partial charge in [-0.15, -0.1) is 10.2 Å². The first-order chi connectivity index (χ1) is 15.0. The molecule has 1 unspecified atom stereocenters. The summed E-state index contributed by atoms with van der Waals surface area (Å²) in [5.41, 5.74) is -2.46. The summed E-state index contributed by atoms with van der Waals surface area (Å²) in [6, 6.07) is 3.91. The standard InChI is InChI=1S/C18H13Cl3F3N5O3/c1-6(2)8-5-11(26-27-14(8)21)32-13-9(19)3-7(4-10(13)20)12-17(30)25-18(31)29(28-12)16(24)15(22)23/h3-6,15-16H,1-2H3,(H,25,30,31). The van der Waals surface area contributed by atoms with Gasteiger partial charge >= 0.3 is 5.69 Å². The number of benzene rings is 1. The lowest BCUT2D eigenvalue weighted by atomic mass is 10.1. The largest absolute Gasteiger partial charge is 0.434 e. The normalized spacial score (nSPS) is 12.4. The second-order valence-corrected chi connectivity index (χ2v) is 7.89. The molecule has 2 aromatic heterocycles. The zero-order valence-corrected chi connectivity index (χ0v) is 18.5. The zero-order valence-electron chi connectivity index (χ0n) is 16.2. The van der Waals surface area contributed by atoms with Crippen LogP contribution in [-0.4, -0.2) is 31.4 Å². The minimum absolute atomic E-state index is 0.0229. The summed E-state index contributed by atoms with van der Waals surface area (Å²) < 4.78 is 44.4. The molecule has 0 saturated heterocycles. The molecule has 0 aliphatic heterocycles. The fraction of sp³-hybridized carbons (Fsp3) is 0.278. The van der Waals surface area contributed by atoms with Gasteiger partial charge in [-0.05, 0) is 23.6 Å². The lowest BCUT2D eigenvalue weighted by Crippen LogP contribution is -2.36. The van der Waals surface area contributed by atoms with Gasteiger partial charge in [0, 0.05) is 11.6 Å². The van der Waals surface area contributed by atoms with Gasteiger partial charge in [-0.3, -0.25) is 9.78 Å².